The first-order chi connectivity index (χ1) is 11.3. The van der Waals surface area contributed by atoms with E-state index in [9.17, 15) is 4.79 Å². The lowest BCUT2D eigenvalue weighted by Crippen LogP contribution is -2.45. The summed E-state index contributed by atoms with van der Waals surface area (Å²) in [6.07, 6.45) is 3.71. The van der Waals surface area contributed by atoms with Crippen molar-refractivity contribution < 1.29 is 14.3 Å². The monoisotopic (exact) mass is 318 g/mol. The van der Waals surface area contributed by atoms with Gasteiger partial charge in [0.15, 0.2) is 17.6 Å². The van der Waals surface area contributed by atoms with Gasteiger partial charge in [-0.1, -0.05) is 19.1 Å². The van der Waals surface area contributed by atoms with Crippen molar-refractivity contribution in [2.24, 2.45) is 0 Å². The lowest BCUT2D eigenvalue weighted by Gasteiger charge is -2.31. The van der Waals surface area contributed by atoms with Gasteiger partial charge in [0.1, 0.15) is 6.61 Å². The minimum absolute atomic E-state index is 0.100. The minimum atomic E-state index is -0.100. The normalized spacial score (nSPS) is 22.8. The Hall–Kier alpha value is -1.75. The van der Waals surface area contributed by atoms with E-state index in [1.54, 1.807) is 0 Å². The number of carbonyl (C=O) groups excluding carboxylic acids is 1. The Labute approximate surface area is 137 Å². The van der Waals surface area contributed by atoms with Crippen LogP contribution in [0.5, 0.6) is 11.5 Å². The molecule has 2 atom stereocenters. The maximum absolute atomic E-state index is 12.6. The van der Waals surface area contributed by atoms with E-state index >= 15 is 0 Å². The third-order valence-electron chi connectivity index (χ3n) is 4.42. The predicted octanol–water partition coefficient (Wildman–Crippen LogP) is 2.21. The molecule has 1 aromatic carbocycles. The zero-order chi connectivity index (χ0) is 16.1. The molecule has 2 heterocycles. The van der Waals surface area contributed by atoms with E-state index in [0.717, 1.165) is 37.4 Å². The van der Waals surface area contributed by atoms with Crippen molar-refractivity contribution in [3.05, 3.63) is 24.3 Å². The van der Waals surface area contributed by atoms with Crippen LogP contribution >= 0.6 is 0 Å². The second-order valence-corrected chi connectivity index (χ2v) is 6.33. The molecule has 0 aromatic heterocycles. The summed E-state index contributed by atoms with van der Waals surface area (Å²) in [5.41, 5.74) is 0. The number of hydrogen-bond acceptors (Lipinski definition) is 4. The summed E-state index contributed by atoms with van der Waals surface area (Å²) in [6.45, 7) is 4.98. The van der Waals surface area contributed by atoms with Crippen LogP contribution in [0, 0.1) is 0 Å². The molecule has 1 saturated heterocycles. The number of benzene rings is 1. The summed E-state index contributed by atoms with van der Waals surface area (Å²) in [6, 6.07) is 8.03. The van der Waals surface area contributed by atoms with Crippen LogP contribution in [0.4, 0.5) is 0 Å². The molecule has 0 bridgehead atoms. The lowest BCUT2D eigenvalue weighted by atomic mass is 10.1. The molecule has 2 aliphatic rings. The van der Waals surface area contributed by atoms with Gasteiger partial charge in [-0.15, -0.1) is 0 Å². The highest BCUT2D eigenvalue weighted by Crippen LogP contribution is 2.31. The van der Waals surface area contributed by atoms with Gasteiger partial charge in [-0.05, 0) is 37.9 Å². The van der Waals surface area contributed by atoms with Crippen molar-refractivity contribution in [1.29, 1.82) is 0 Å². The van der Waals surface area contributed by atoms with Crippen molar-refractivity contribution >= 4 is 5.91 Å². The molecule has 126 valence electrons. The smallest absolute Gasteiger partial charge is 0.224 e. The Bertz CT molecular complexity index is 529. The van der Waals surface area contributed by atoms with Crippen LogP contribution in [0.1, 0.15) is 32.6 Å². The number of nitrogens with one attached hydrogen (secondary N) is 1. The zero-order valence-electron chi connectivity index (χ0n) is 13.8. The molecule has 2 aliphatic heterocycles. The summed E-state index contributed by atoms with van der Waals surface area (Å²) in [5, 5.41) is 3.40. The third kappa shape index (κ3) is 4.16. The lowest BCUT2D eigenvalue weighted by molar-refractivity contribution is -0.133. The number of fused-ring (bicyclic) bond motifs is 1. The molecule has 3 rings (SSSR count). The summed E-state index contributed by atoms with van der Waals surface area (Å²) < 4.78 is 11.7. The Morgan fingerprint density at radius 1 is 1.35 bits per heavy atom. The summed E-state index contributed by atoms with van der Waals surface area (Å²) in [5.74, 6) is 1.77. The molecule has 23 heavy (non-hydrogen) atoms. The Balaban J connectivity index is 1.57. The van der Waals surface area contributed by atoms with Crippen LogP contribution in [0.3, 0.4) is 0 Å². The highest BCUT2D eigenvalue weighted by atomic mass is 16.6. The molecule has 1 amide bonds. The number of amides is 1. The van der Waals surface area contributed by atoms with E-state index in [1.807, 2.05) is 29.2 Å². The van der Waals surface area contributed by atoms with Crippen LogP contribution in [0.2, 0.25) is 0 Å². The van der Waals surface area contributed by atoms with E-state index in [4.69, 9.17) is 9.47 Å². The first-order valence-corrected chi connectivity index (χ1v) is 8.66. The van der Waals surface area contributed by atoms with E-state index < -0.39 is 0 Å². The van der Waals surface area contributed by atoms with Gasteiger partial charge in [0.25, 0.3) is 0 Å². The van der Waals surface area contributed by atoms with Gasteiger partial charge in [-0.25, -0.2) is 0 Å². The highest BCUT2D eigenvalue weighted by molar-refractivity contribution is 5.77. The summed E-state index contributed by atoms with van der Waals surface area (Å²) >= 11 is 0. The van der Waals surface area contributed by atoms with E-state index in [2.05, 4.69) is 12.2 Å². The second kappa shape index (κ2) is 7.68. The molecule has 1 aromatic rings. The first-order valence-electron chi connectivity index (χ1n) is 8.66. The Kier molecular flexibility index (Phi) is 5.39. The average Bonchev–Trinajstić information content (AvgIpc) is 3.07. The van der Waals surface area contributed by atoms with Crippen molar-refractivity contribution in [3.8, 4) is 11.5 Å². The topological polar surface area (TPSA) is 50.8 Å². The van der Waals surface area contributed by atoms with Gasteiger partial charge in [-0.2, -0.15) is 0 Å². The van der Waals surface area contributed by atoms with Crippen LogP contribution in [0.15, 0.2) is 24.3 Å². The zero-order valence-corrected chi connectivity index (χ0v) is 13.8. The van der Waals surface area contributed by atoms with Crippen LogP contribution in [-0.2, 0) is 4.79 Å². The number of ether oxygens (including phenoxy) is 2. The number of hydrogen-bond donors (Lipinski definition) is 1. The molecule has 5 nitrogen and oxygen atoms in total. The van der Waals surface area contributed by atoms with Crippen molar-refractivity contribution in [2.75, 3.05) is 26.2 Å². The van der Waals surface area contributed by atoms with E-state index in [1.165, 1.54) is 6.42 Å². The Morgan fingerprint density at radius 2 is 2.17 bits per heavy atom. The van der Waals surface area contributed by atoms with Gasteiger partial charge < -0.3 is 19.7 Å². The number of para-hydroxylation sites is 2. The number of carbonyl (C=O) groups is 1. The summed E-state index contributed by atoms with van der Waals surface area (Å²) in [4.78, 5) is 14.5. The number of nitrogens with zero attached hydrogens (tertiary/aromatic N) is 1. The third-order valence-corrected chi connectivity index (χ3v) is 4.42. The van der Waals surface area contributed by atoms with Crippen LogP contribution < -0.4 is 14.8 Å². The second-order valence-electron chi connectivity index (χ2n) is 6.33. The molecule has 1 N–H and O–H groups in total. The van der Waals surface area contributed by atoms with Crippen molar-refractivity contribution in [2.45, 2.75) is 44.8 Å². The van der Waals surface area contributed by atoms with E-state index in [0.29, 0.717) is 25.6 Å². The highest BCUT2D eigenvalue weighted by Gasteiger charge is 2.27. The molecule has 0 saturated carbocycles. The maximum atomic E-state index is 12.6. The fourth-order valence-corrected chi connectivity index (χ4v) is 3.26. The molecule has 0 aliphatic carbocycles. The van der Waals surface area contributed by atoms with Crippen molar-refractivity contribution in [1.82, 2.24) is 10.2 Å². The van der Waals surface area contributed by atoms with Crippen LogP contribution in [-0.4, -0.2) is 49.2 Å². The van der Waals surface area contributed by atoms with Gasteiger partial charge in [0, 0.05) is 19.0 Å². The number of rotatable bonds is 6. The summed E-state index contributed by atoms with van der Waals surface area (Å²) in [7, 11) is 0. The van der Waals surface area contributed by atoms with E-state index in [-0.39, 0.29) is 12.0 Å². The van der Waals surface area contributed by atoms with Gasteiger partial charge >= 0.3 is 0 Å². The largest absolute Gasteiger partial charge is 0.486 e. The van der Waals surface area contributed by atoms with Crippen molar-refractivity contribution in [3.63, 3.8) is 0 Å². The molecular formula is C18H26N2O3. The standard InChI is InChI=1S/C18H26N2O3/c1-2-10-20(18(21)11-14-6-5-9-19-14)12-15-13-22-16-7-3-4-8-17(16)23-15/h3-4,7-8,14-15,19H,2,5-6,9-13H2,1H3. The predicted molar refractivity (Wildman–Crippen MR) is 88.9 cm³/mol. The quantitative estimate of drug-likeness (QED) is 0.874. The van der Waals surface area contributed by atoms with Gasteiger partial charge in [-0.3, -0.25) is 4.79 Å². The Morgan fingerprint density at radius 3 is 2.91 bits per heavy atom. The molecular weight excluding hydrogens is 292 g/mol. The molecule has 1 fully saturated rings. The molecule has 5 heteroatoms. The maximum Gasteiger partial charge on any atom is 0.224 e. The van der Waals surface area contributed by atoms with Crippen LogP contribution in [0.25, 0.3) is 0 Å². The minimum Gasteiger partial charge on any atom is -0.486 e. The molecule has 0 radical (unpaired) electrons. The first kappa shape index (κ1) is 16.1. The molecule has 0 spiro atoms. The van der Waals surface area contributed by atoms with Gasteiger partial charge in [0.2, 0.25) is 5.91 Å². The average molecular weight is 318 g/mol. The fourth-order valence-electron chi connectivity index (χ4n) is 3.26. The molecule has 2 unspecified atom stereocenters. The van der Waals surface area contributed by atoms with Gasteiger partial charge in [0.05, 0.1) is 6.54 Å². The fraction of sp³-hybridized carbons (Fsp3) is 0.611. The SMILES string of the molecule is CCCN(CC1COc2ccccc2O1)C(=O)CC1CCCN1.